The van der Waals surface area contributed by atoms with E-state index in [2.05, 4.69) is 27.7 Å². The SMILES string of the molecule is CC[C@H]1CCCc2cc(O)cc(C(C)(C)C)c21. The van der Waals surface area contributed by atoms with Crippen molar-refractivity contribution in [2.75, 3.05) is 0 Å². The number of phenolic OH excluding ortho intramolecular Hbond substituents is 1. The van der Waals surface area contributed by atoms with Gasteiger partial charge in [-0.2, -0.15) is 0 Å². The number of hydrogen-bond acceptors (Lipinski definition) is 1. The molecular formula is C16H24O. The predicted molar refractivity (Wildman–Crippen MR) is 72.8 cm³/mol. The molecule has 0 bridgehead atoms. The van der Waals surface area contributed by atoms with Gasteiger partial charge in [0.2, 0.25) is 0 Å². The molecule has 1 aliphatic rings. The summed E-state index contributed by atoms with van der Waals surface area (Å²) in [5, 5.41) is 9.89. The van der Waals surface area contributed by atoms with Crippen molar-refractivity contribution in [2.45, 2.75) is 64.7 Å². The van der Waals surface area contributed by atoms with E-state index < -0.39 is 0 Å². The molecule has 0 heterocycles. The van der Waals surface area contributed by atoms with Crippen molar-refractivity contribution in [2.24, 2.45) is 0 Å². The van der Waals surface area contributed by atoms with Crippen molar-refractivity contribution in [3.8, 4) is 5.75 Å². The van der Waals surface area contributed by atoms with Crippen molar-refractivity contribution >= 4 is 0 Å². The summed E-state index contributed by atoms with van der Waals surface area (Å²) in [5.41, 5.74) is 4.38. The van der Waals surface area contributed by atoms with E-state index in [0.717, 1.165) is 6.42 Å². The minimum absolute atomic E-state index is 0.119. The molecule has 1 nitrogen and oxygen atoms in total. The highest BCUT2D eigenvalue weighted by Gasteiger charge is 2.27. The molecular weight excluding hydrogens is 208 g/mol. The van der Waals surface area contributed by atoms with Gasteiger partial charge in [0.25, 0.3) is 0 Å². The maximum absolute atomic E-state index is 9.89. The fourth-order valence-electron chi connectivity index (χ4n) is 3.10. The third-order valence-corrected chi connectivity index (χ3v) is 3.96. The third kappa shape index (κ3) is 2.34. The zero-order valence-electron chi connectivity index (χ0n) is 11.5. The average Bonchev–Trinajstić information content (AvgIpc) is 2.25. The molecule has 2 rings (SSSR count). The first-order valence-corrected chi connectivity index (χ1v) is 6.79. The molecule has 1 heteroatoms. The lowest BCUT2D eigenvalue weighted by Gasteiger charge is -2.32. The first-order valence-electron chi connectivity index (χ1n) is 6.79. The van der Waals surface area contributed by atoms with E-state index in [1.54, 1.807) is 0 Å². The molecule has 1 aromatic carbocycles. The molecule has 0 fully saturated rings. The van der Waals surface area contributed by atoms with Crippen molar-refractivity contribution < 1.29 is 5.11 Å². The maximum atomic E-state index is 9.89. The summed E-state index contributed by atoms with van der Waals surface area (Å²) >= 11 is 0. The minimum Gasteiger partial charge on any atom is -0.508 e. The Morgan fingerprint density at radius 3 is 2.59 bits per heavy atom. The van der Waals surface area contributed by atoms with Crippen LogP contribution in [0.5, 0.6) is 5.75 Å². The van der Waals surface area contributed by atoms with Gasteiger partial charge in [-0.15, -0.1) is 0 Å². The van der Waals surface area contributed by atoms with Crippen LogP contribution in [-0.4, -0.2) is 5.11 Å². The van der Waals surface area contributed by atoms with Crippen LogP contribution in [0, 0.1) is 0 Å². The van der Waals surface area contributed by atoms with Crippen LogP contribution in [0.15, 0.2) is 12.1 Å². The van der Waals surface area contributed by atoms with Crippen molar-refractivity contribution in [1.29, 1.82) is 0 Å². The molecule has 0 saturated heterocycles. The standard InChI is InChI=1S/C16H24O/c1-5-11-7-6-8-12-9-13(17)10-14(15(11)12)16(2,3)4/h9-11,17H,5-8H2,1-4H3/t11-/m0/s1. The van der Waals surface area contributed by atoms with E-state index in [-0.39, 0.29) is 5.41 Å². The van der Waals surface area contributed by atoms with Gasteiger partial charge in [-0.05, 0) is 65.8 Å². The molecule has 0 radical (unpaired) electrons. The highest BCUT2D eigenvalue weighted by Crippen LogP contribution is 2.42. The topological polar surface area (TPSA) is 20.2 Å². The Morgan fingerprint density at radius 2 is 2.00 bits per heavy atom. The lowest BCUT2D eigenvalue weighted by molar-refractivity contribution is 0.460. The number of aryl methyl sites for hydroxylation is 1. The molecule has 0 saturated carbocycles. The first kappa shape index (κ1) is 12.5. The summed E-state index contributed by atoms with van der Waals surface area (Å²) in [6.45, 7) is 9.00. The zero-order valence-corrected chi connectivity index (χ0v) is 11.5. The number of hydrogen-bond donors (Lipinski definition) is 1. The third-order valence-electron chi connectivity index (χ3n) is 3.96. The van der Waals surface area contributed by atoms with Crippen LogP contribution in [0.2, 0.25) is 0 Å². The van der Waals surface area contributed by atoms with Gasteiger partial charge in [-0.1, -0.05) is 27.7 Å². The Labute approximate surface area is 105 Å². The van der Waals surface area contributed by atoms with E-state index in [1.165, 1.54) is 36.0 Å². The number of rotatable bonds is 1. The van der Waals surface area contributed by atoms with Crippen molar-refractivity contribution in [3.63, 3.8) is 0 Å². The number of fused-ring (bicyclic) bond motifs is 1. The summed E-state index contributed by atoms with van der Waals surface area (Å²) in [4.78, 5) is 0. The van der Waals surface area contributed by atoms with Gasteiger partial charge in [0.15, 0.2) is 0 Å². The summed E-state index contributed by atoms with van der Waals surface area (Å²) in [7, 11) is 0. The Bertz CT molecular complexity index is 412. The molecule has 17 heavy (non-hydrogen) atoms. The van der Waals surface area contributed by atoms with E-state index in [9.17, 15) is 5.11 Å². The predicted octanol–water partition coefficient (Wildman–Crippen LogP) is 4.52. The fourth-order valence-corrected chi connectivity index (χ4v) is 3.10. The lowest BCUT2D eigenvalue weighted by atomic mass is 9.72. The number of phenols is 1. The molecule has 0 aliphatic heterocycles. The summed E-state index contributed by atoms with van der Waals surface area (Å²) < 4.78 is 0. The van der Waals surface area contributed by atoms with E-state index in [0.29, 0.717) is 11.7 Å². The van der Waals surface area contributed by atoms with Gasteiger partial charge in [0, 0.05) is 0 Å². The average molecular weight is 232 g/mol. The van der Waals surface area contributed by atoms with Crippen LogP contribution >= 0.6 is 0 Å². The lowest BCUT2D eigenvalue weighted by Crippen LogP contribution is -2.20. The quantitative estimate of drug-likeness (QED) is 0.754. The molecule has 94 valence electrons. The fraction of sp³-hybridized carbons (Fsp3) is 0.625. The highest BCUT2D eigenvalue weighted by molar-refractivity contribution is 5.48. The molecule has 0 unspecified atom stereocenters. The van der Waals surface area contributed by atoms with Gasteiger partial charge in [-0.25, -0.2) is 0 Å². The second-order valence-corrected chi connectivity index (χ2v) is 6.31. The van der Waals surface area contributed by atoms with Gasteiger partial charge in [0.1, 0.15) is 5.75 Å². The number of benzene rings is 1. The second kappa shape index (κ2) is 4.36. The zero-order chi connectivity index (χ0) is 12.6. The Kier molecular flexibility index (Phi) is 3.20. The maximum Gasteiger partial charge on any atom is 0.116 e. The first-order chi connectivity index (χ1) is 7.93. The molecule has 0 amide bonds. The summed E-state index contributed by atoms with van der Waals surface area (Å²) in [6, 6.07) is 3.96. The Balaban J connectivity index is 2.62. The van der Waals surface area contributed by atoms with Crippen LogP contribution in [0.25, 0.3) is 0 Å². The largest absolute Gasteiger partial charge is 0.508 e. The van der Waals surface area contributed by atoms with Gasteiger partial charge < -0.3 is 5.11 Å². The Hall–Kier alpha value is -0.980. The summed E-state index contributed by atoms with van der Waals surface area (Å²) in [5.74, 6) is 1.12. The highest BCUT2D eigenvalue weighted by atomic mass is 16.3. The molecule has 0 aromatic heterocycles. The van der Waals surface area contributed by atoms with Crippen LogP contribution in [0.3, 0.4) is 0 Å². The van der Waals surface area contributed by atoms with Crippen molar-refractivity contribution in [1.82, 2.24) is 0 Å². The normalized spacial score (nSPS) is 20.1. The molecule has 1 aliphatic carbocycles. The van der Waals surface area contributed by atoms with Crippen LogP contribution in [0.1, 0.15) is 69.6 Å². The van der Waals surface area contributed by atoms with Gasteiger partial charge in [0.05, 0.1) is 0 Å². The van der Waals surface area contributed by atoms with E-state index in [1.807, 2.05) is 12.1 Å². The van der Waals surface area contributed by atoms with Crippen LogP contribution in [0.4, 0.5) is 0 Å². The van der Waals surface area contributed by atoms with E-state index in [4.69, 9.17) is 0 Å². The summed E-state index contributed by atoms with van der Waals surface area (Å²) in [6.07, 6.45) is 4.90. The molecule has 1 atom stereocenters. The van der Waals surface area contributed by atoms with Crippen LogP contribution in [-0.2, 0) is 11.8 Å². The van der Waals surface area contributed by atoms with Crippen molar-refractivity contribution in [3.05, 3.63) is 28.8 Å². The second-order valence-electron chi connectivity index (χ2n) is 6.31. The molecule has 1 aromatic rings. The Morgan fingerprint density at radius 1 is 1.29 bits per heavy atom. The van der Waals surface area contributed by atoms with Gasteiger partial charge >= 0.3 is 0 Å². The van der Waals surface area contributed by atoms with E-state index >= 15 is 0 Å². The van der Waals surface area contributed by atoms with Crippen LogP contribution < -0.4 is 0 Å². The monoisotopic (exact) mass is 232 g/mol. The molecule has 1 N–H and O–H groups in total. The number of aromatic hydroxyl groups is 1. The van der Waals surface area contributed by atoms with Gasteiger partial charge in [-0.3, -0.25) is 0 Å². The smallest absolute Gasteiger partial charge is 0.116 e. The molecule has 0 spiro atoms. The minimum atomic E-state index is 0.119.